The average molecular weight is 297 g/mol. The zero-order valence-corrected chi connectivity index (χ0v) is 12.7. The van der Waals surface area contributed by atoms with Gasteiger partial charge in [-0.25, -0.2) is 0 Å². The summed E-state index contributed by atoms with van der Waals surface area (Å²) in [5.74, 6) is -1.18. The Hall–Kier alpha value is -1.50. The van der Waals surface area contributed by atoms with Gasteiger partial charge < -0.3 is 10.0 Å². The van der Waals surface area contributed by atoms with Gasteiger partial charge in [0.25, 0.3) is 5.91 Å². The van der Waals surface area contributed by atoms with Crippen molar-refractivity contribution in [1.29, 1.82) is 0 Å². The molecule has 1 aromatic heterocycles. The van der Waals surface area contributed by atoms with E-state index in [4.69, 9.17) is 5.11 Å². The fourth-order valence-corrected chi connectivity index (χ4v) is 3.14. The Labute approximate surface area is 122 Å². The molecule has 1 aliphatic heterocycles. The third-order valence-electron chi connectivity index (χ3n) is 3.52. The van der Waals surface area contributed by atoms with Gasteiger partial charge in [-0.05, 0) is 24.4 Å². The highest BCUT2D eigenvalue weighted by molar-refractivity contribution is 7.08. The van der Waals surface area contributed by atoms with E-state index in [1.54, 1.807) is 4.90 Å². The first-order valence-electron chi connectivity index (χ1n) is 6.65. The summed E-state index contributed by atoms with van der Waals surface area (Å²) in [5, 5.41) is 13.0. The monoisotopic (exact) mass is 297 g/mol. The number of carbonyl (C=O) groups is 2. The molecule has 1 N–H and O–H groups in total. The molecule has 0 bridgehead atoms. The van der Waals surface area contributed by atoms with Crippen molar-refractivity contribution in [3.63, 3.8) is 0 Å². The van der Waals surface area contributed by atoms with E-state index in [-0.39, 0.29) is 17.2 Å². The van der Waals surface area contributed by atoms with Gasteiger partial charge in [-0.15, -0.1) is 5.10 Å². The van der Waals surface area contributed by atoms with Crippen molar-refractivity contribution < 1.29 is 14.7 Å². The smallest absolute Gasteiger partial charge is 0.306 e. The van der Waals surface area contributed by atoms with Crippen LogP contribution in [0.4, 0.5) is 0 Å². The van der Waals surface area contributed by atoms with Crippen LogP contribution in [-0.2, 0) is 10.2 Å². The molecule has 0 aliphatic carbocycles. The van der Waals surface area contributed by atoms with E-state index in [0.29, 0.717) is 36.5 Å². The summed E-state index contributed by atoms with van der Waals surface area (Å²) >= 11 is 1.12. The number of hydrogen-bond acceptors (Lipinski definition) is 5. The Bertz CT molecular complexity index is 513. The van der Waals surface area contributed by atoms with Crippen molar-refractivity contribution in [1.82, 2.24) is 14.5 Å². The highest BCUT2D eigenvalue weighted by Crippen LogP contribution is 2.28. The zero-order valence-electron chi connectivity index (χ0n) is 11.9. The minimum absolute atomic E-state index is 0.0752. The first-order valence-corrected chi connectivity index (χ1v) is 7.43. The van der Waals surface area contributed by atoms with Crippen molar-refractivity contribution >= 4 is 23.4 Å². The van der Waals surface area contributed by atoms with Crippen molar-refractivity contribution in [3.8, 4) is 0 Å². The number of piperidine rings is 1. The molecule has 0 saturated carbocycles. The molecule has 20 heavy (non-hydrogen) atoms. The molecule has 7 heteroatoms. The van der Waals surface area contributed by atoms with E-state index < -0.39 is 5.97 Å². The number of hydrogen-bond donors (Lipinski definition) is 1. The lowest BCUT2D eigenvalue weighted by Crippen LogP contribution is -2.40. The highest BCUT2D eigenvalue weighted by Gasteiger charge is 2.32. The van der Waals surface area contributed by atoms with Crippen molar-refractivity contribution in [2.24, 2.45) is 5.92 Å². The number of nitrogens with zero attached hydrogens (tertiary/aromatic N) is 3. The molecule has 0 radical (unpaired) electrons. The number of amides is 1. The SMILES string of the molecule is CC(C)(C)c1nnsc1C(=O)N1CCC(C(=O)O)CC1. The standard InChI is InChI=1S/C13H19N3O3S/c1-13(2,3)10-9(20-15-14-10)11(17)16-6-4-8(5-7-16)12(18)19/h8H,4-7H2,1-3H3,(H,18,19). The van der Waals surface area contributed by atoms with Crippen molar-refractivity contribution in [3.05, 3.63) is 10.6 Å². The van der Waals surface area contributed by atoms with Crippen LogP contribution in [0.25, 0.3) is 0 Å². The number of carboxylic acids is 1. The molecule has 2 heterocycles. The topological polar surface area (TPSA) is 83.4 Å². The number of rotatable bonds is 2. The van der Waals surface area contributed by atoms with Crippen LogP contribution >= 0.6 is 11.5 Å². The first-order chi connectivity index (χ1) is 9.30. The van der Waals surface area contributed by atoms with Gasteiger partial charge in [-0.3, -0.25) is 9.59 Å². The van der Waals surface area contributed by atoms with E-state index in [0.717, 1.165) is 11.5 Å². The van der Waals surface area contributed by atoms with Crippen molar-refractivity contribution in [2.45, 2.75) is 39.0 Å². The molecule has 2 rings (SSSR count). The second-order valence-electron chi connectivity index (χ2n) is 6.11. The van der Waals surface area contributed by atoms with E-state index in [2.05, 4.69) is 9.59 Å². The molecular weight excluding hydrogens is 278 g/mol. The van der Waals surface area contributed by atoms with Gasteiger partial charge in [0.15, 0.2) is 0 Å². The van der Waals surface area contributed by atoms with Crippen LogP contribution in [0.5, 0.6) is 0 Å². The second kappa shape index (κ2) is 5.47. The zero-order chi connectivity index (χ0) is 14.9. The predicted octanol–water partition coefficient (Wildman–Crippen LogP) is 1.77. The largest absolute Gasteiger partial charge is 0.481 e. The maximum atomic E-state index is 12.5. The number of likely N-dealkylation sites (tertiary alicyclic amines) is 1. The minimum atomic E-state index is -0.771. The molecule has 1 aromatic rings. The molecule has 1 aliphatic rings. The van der Waals surface area contributed by atoms with Crippen LogP contribution in [-0.4, -0.2) is 44.6 Å². The lowest BCUT2D eigenvalue weighted by atomic mass is 9.91. The third-order valence-corrected chi connectivity index (χ3v) is 4.24. The van der Waals surface area contributed by atoms with E-state index in [1.165, 1.54) is 0 Å². The molecule has 6 nitrogen and oxygen atoms in total. The van der Waals surface area contributed by atoms with Crippen molar-refractivity contribution in [2.75, 3.05) is 13.1 Å². The van der Waals surface area contributed by atoms with Crippen LogP contribution in [0.2, 0.25) is 0 Å². The lowest BCUT2D eigenvalue weighted by molar-refractivity contribution is -0.143. The Morgan fingerprint density at radius 1 is 1.30 bits per heavy atom. The molecule has 1 amide bonds. The lowest BCUT2D eigenvalue weighted by Gasteiger charge is -2.30. The number of carbonyl (C=O) groups excluding carboxylic acids is 1. The Balaban J connectivity index is 2.10. The molecule has 0 unspecified atom stereocenters. The summed E-state index contributed by atoms with van der Waals surface area (Å²) in [7, 11) is 0. The average Bonchev–Trinajstić information content (AvgIpc) is 2.87. The summed E-state index contributed by atoms with van der Waals surface area (Å²) in [4.78, 5) is 25.7. The summed E-state index contributed by atoms with van der Waals surface area (Å²) in [5.41, 5.74) is 0.491. The van der Waals surface area contributed by atoms with Gasteiger partial charge in [-0.1, -0.05) is 25.3 Å². The molecule has 0 atom stereocenters. The predicted molar refractivity (Wildman–Crippen MR) is 74.9 cm³/mol. The molecule has 1 saturated heterocycles. The molecule has 110 valence electrons. The van der Waals surface area contributed by atoms with Gasteiger partial charge in [0, 0.05) is 18.5 Å². The molecule has 0 aromatic carbocycles. The van der Waals surface area contributed by atoms with E-state index >= 15 is 0 Å². The highest BCUT2D eigenvalue weighted by atomic mass is 32.1. The van der Waals surface area contributed by atoms with Gasteiger partial charge >= 0.3 is 5.97 Å². The maximum Gasteiger partial charge on any atom is 0.306 e. The normalized spacial score (nSPS) is 17.2. The van der Waals surface area contributed by atoms with Crippen LogP contribution in [0.3, 0.4) is 0 Å². The van der Waals surface area contributed by atoms with Crippen LogP contribution in [0, 0.1) is 5.92 Å². The van der Waals surface area contributed by atoms with E-state index in [9.17, 15) is 9.59 Å². The second-order valence-corrected chi connectivity index (χ2v) is 6.86. The van der Waals surface area contributed by atoms with Crippen LogP contribution in [0.1, 0.15) is 49.0 Å². The number of aliphatic carboxylic acids is 1. The fourth-order valence-electron chi connectivity index (χ4n) is 2.29. The number of carboxylic acid groups (broad SMARTS) is 1. The third kappa shape index (κ3) is 2.98. The summed E-state index contributed by atoms with van der Waals surface area (Å²) in [6.45, 7) is 6.96. The van der Waals surface area contributed by atoms with Gasteiger partial charge in [0.1, 0.15) is 4.88 Å². The summed E-state index contributed by atoms with van der Waals surface area (Å²) < 4.78 is 3.90. The molecule has 1 fully saturated rings. The van der Waals surface area contributed by atoms with Gasteiger partial charge in [0.05, 0.1) is 11.6 Å². The molecular formula is C13H19N3O3S. The minimum Gasteiger partial charge on any atom is -0.481 e. The Kier molecular flexibility index (Phi) is 4.08. The van der Waals surface area contributed by atoms with Crippen LogP contribution < -0.4 is 0 Å². The van der Waals surface area contributed by atoms with Gasteiger partial charge in [0.2, 0.25) is 0 Å². The first kappa shape index (κ1) is 14.9. The summed E-state index contributed by atoms with van der Waals surface area (Å²) in [6.07, 6.45) is 1.02. The van der Waals surface area contributed by atoms with Gasteiger partial charge in [-0.2, -0.15) is 0 Å². The fraction of sp³-hybridized carbons (Fsp3) is 0.692. The van der Waals surface area contributed by atoms with Crippen LogP contribution in [0.15, 0.2) is 0 Å². The Morgan fingerprint density at radius 3 is 2.40 bits per heavy atom. The Morgan fingerprint density at radius 2 is 1.90 bits per heavy atom. The summed E-state index contributed by atoms with van der Waals surface area (Å²) in [6, 6.07) is 0. The quantitative estimate of drug-likeness (QED) is 0.899. The molecule has 0 spiro atoms. The maximum absolute atomic E-state index is 12.5. The van der Waals surface area contributed by atoms with E-state index in [1.807, 2.05) is 20.8 Å². The number of aromatic nitrogens is 2.